The van der Waals surface area contributed by atoms with Gasteiger partial charge in [0, 0.05) is 42.0 Å². The van der Waals surface area contributed by atoms with E-state index in [1.54, 1.807) is 0 Å². The van der Waals surface area contributed by atoms with E-state index in [2.05, 4.69) is 126 Å². The monoisotopic (exact) mass is 692 g/mol. The molecule has 0 N–H and O–H groups in total. The minimum atomic E-state index is -9.19. The van der Waals surface area contributed by atoms with Crippen molar-refractivity contribution in [2.45, 2.75) is 38.6 Å². The van der Waals surface area contributed by atoms with Gasteiger partial charge >= 0.3 is 34.4 Å². The second-order valence-electron chi connectivity index (χ2n) is 11.0. The molecule has 9 heteroatoms. The Morgan fingerprint density at radius 2 is 1.36 bits per heavy atom. The Balaban J connectivity index is 0.000000527. The molecule has 0 atom stereocenters. The number of hydrogen-bond donors (Lipinski definition) is 0. The molecule has 0 radical (unpaired) electrons. The molecule has 0 spiro atoms. The SMILES string of the molecule is CC1(C)C(/C=C/c2ccc(N3CCCC3)cc2)=[N+](Cc2cccc3ccccc23)c2ccccc21.[F-].[F][Sb]([F])([F])([F])[F]. The van der Waals surface area contributed by atoms with Crippen LogP contribution in [0.25, 0.3) is 16.8 Å². The first-order chi connectivity index (χ1) is 19.3. The number of anilines is 1. The molecule has 2 aliphatic heterocycles. The third-order valence-electron chi connectivity index (χ3n) is 7.81. The predicted molar refractivity (Wildman–Crippen MR) is 160 cm³/mol. The zero-order chi connectivity index (χ0) is 29.3. The number of rotatable bonds is 5. The third kappa shape index (κ3) is 7.57. The van der Waals surface area contributed by atoms with Crippen molar-refractivity contribution in [3.63, 3.8) is 0 Å². The molecular formula is C33H33F6N2Sb. The molecule has 0 saturated carbocycles. The molecule has 6 rings (SSSR count). The van der Waals surface area contributed by atoms with Crippen molar-refractivity contribution in [3.8, 4) is 0 Å². The molecule has 42 heavy (non-hydrogen) atoms. The number of nitrogens with zero attached hydrogens (tertiary/aromatic N) is 2. The first kappa shape index (κ1) is 31.7. The van der Waals surface area contributed by atoms with Gasteiger partial charge in [-0.15, -0.1) is 0 Å². The number of benzene rings is 4. The van der Waals surface area contributed by atoms with E-state index >= 15 is 0 Å². The van der Waals surface area contributed by atoms with Crippen LogP contribution in [0, 0.1) is 0 Å². The fourth-order valence-electron chi connectivity index (χ4n) is 5.86. The van der Waals surface area contributed by atoms with E-state index in [9.17, 15) is 14.1 Å². The van der Waals surface area contributed by atoms with Crippen LogP contribution in [0.3, 0.4) is 0 Å². The van der Waals surface area contributed by atoms with Gasteiger partial charge in [0.25, 0.3) is 0 Å². The number of hydrogen-bond acceptors (Lipinski definition) is 1. The Morgan fingerprint density at radius 3 is 2.05 bits per heavy atom. The molecule has 2 heterocycles. The van der Waals surface area contributed by atoms with Crippen molar-refractivity contribution in [2.75, 3.05) is 18.0 Å². The minimum absolute atomic E-state index is 0. The first-order valence-electron chi connectivity index (χ1n) is 13.7. The molecular weight excluding hydrogens is 660 g/mol. The number of fused-ring (bicyclic) bond motifs is 2. The van der Waals surface area contributed by atoms with Gasteiger partial charge in [0.15, 0.2) is 12.3 Å². The predicted octanol–water partition coefficient (Wildman–Crippen LogP) is 6.45. The Morgan fingerprint density at radius 1 is 0.762 bits per heavy atom. The standard InChI is InChI=1S/C33H33N2.6FH.Sb/c1-33(2)30-14-5-6-15-31(30)35(24-27-12-9-11-26-10-3-4-13-29(26)27)32(33)21-18-25-16-19-28(20-17-25)34-22-7-8-23-34;;;;;;;/h3-6,9-21H,7-8,22-24H2,1-2H3;6*1H;/q+1;;;;;;;+5/p-6. The second-order valence-corrected chi connectivity index (χ2v) is 14.7. The van der Waals surface area contributed by atoms with E-state index in [1.165, 1.54) is 70.5 Å². The Bertz CT molecular complexity index is 1590. The van der Waals surface area contributed by atoms with Crippen LogP contribution < -0.4 is 9.60 Å². The Labute approximate surface area is 247 Å². The van der Waals surface area contributed by atoms with E-state index in [1.807, 2.05) is 0 Å². The molecule has 0 unspecified atom stereocenters. The van der Waals surface area contributed by atoms with Crippen LogP contribution in [0.15, 0.2) is 97.1 Å². The van der Waals surface area contributed by atoms with Crippen molar-refractivity contribution in [1.29, 1.82) is 0 Å². The molecule has 4 aromatic rings. The summed E-state index contributed by atoms with van der Waals surface area (Å²) in [4.78, 5) is 2.49. The zero-order valence-electron chi connectivity index (χ0n) is 23.5. The fraction of sp³-hybridized carbons (Fsp3) is 0.242. The Hall–Kier alpha value is -3.25. The van der Waals surface area contributed by atoms with Gasteiger partial charge in [-0.25, -0.2) is 0 Å². The van der Waals surface area contributed by atoms with E-state index in [-0.39, 0.29) is 10.1 Å². The van der Waals surface area contributed by atoms with Gasteiger partial charge in [-0.2, -0.15) is 4.58 Å². The molecule has 4 aromatic carbocycles. The van der Waals surface area contributed by atoms with Crippen molar-refractivity contribution in [1.82, 2.24) is 0 Å². The summed E-state index contributed by atoms with van der Waals surface area (Å²) in [7, 11) is 0. The van der Waals surface area contributed by atoms with Crippen LogP contribution in [0.2, 0.25) is 0 Å². The molecule has 0 bridgehead atoms. The average molecular weight is 693 g/mol. The molecule has 2 aliphatic rings. The normalized spacial score (nSPS) is 16.9. The molecule has 0 aromatic heterocycles. The van der Waals surface area contributed by atoms with Crippen LogP contribution in [-0.4, -0.2) is 43.7 Å². The van der Waals surface area contributed by atoms with Gasteiger partial charge in [-0.1, -0.05) is 72.8 Å². The maximum atomic E-state index is 9.91. The van der Waals surface area contributed by atoms with Gasteiger partial charge < -0.3 is 9.60 Å². The van der Waals surface area contributed by atoms with E-state index < -0.39 is 20.3 Å². The molecule has 222 valence electrons. The molecule has 0 aliphatic carbocycles. The summed E-state index contributed by atoms with van der Waals surface area (Å²) in [5.41, 5.74) is 7.94. The topological polar surface area (TPSA) is 6.25 Å². The van der Waals surface area contributed by atoms with Gasteiger partial charge in [0.2, 0.25) is 5.69 Å². The van der Waals surface area contributed by atoms with E-state index in [0.717, 1.165) is 6.54 Å². The van der Waals surface area contributed by atoms with Crippen molar-refractivity contribution >= 4 is 54.2 Å². The molecule has 0 amide bonds. The summed E-state index contributed by atoms with van der Waals surface area (Å²) >= 11 is -9.19. The molecule has 1 fully saturated rings. The number of halogens is 6. The quantitative estimate of drug-likeness (QED) is 0.132. The summed E-state index contributed by atoms with van der Waals surface area (Å²) in [6.07, 6.45) is 7.24. The van der Waals surface area contributed by atoms with Crippen molar-refractivity contribution in [3.05, 3.63) is 114 Å². The third-order valence-corrected chi connectivity index (χ3v) is 7.81. The second kappa shape index (κ2) is 12.2. The van der Waals surface area contributed by atoms with Crippen LogP contribution in [0.4, 0.5) is 25.4 Å². The molecule has 1 saturated heterocycles. The zero-order valence-corrected chi connectivity index (χ0v) is 26.0. The maximum absolute atomic E-state index is 9.91. The average Bonchev–Trinajstić information content (AvgIpc) is 3.53. The molecule has 2 nitrogen and oxygen atoms in total. The van der Waals surface area contributed by atoms with Crippen molar-refractivity contribution in [2.24, 2.45) is 0 Å². The fourth-order valence-corrected chi connectivity index (χ4v) is 5.86. The van der Waals surface area contributed by atoms with Gasteiger partial charge in [0.05, 0.1) is 5.41 Å². The summed E-state index contributed by atoms with van der Waals surface area (Å²) in [5, 5.41) is 2.63. The van der Waals surface area contributed by atoms with Crippen LogP contribution in [0.5, 0.6) is 0 Å². The summed E-state index contributed by atoms with van der Waals surface area (Å²) in [6.45, 7) is 7.93. The number of allylic oxidation sites excluding steroid dienone is 1. The summed E-state index contributed by atoms with van der Waals surface area (Å²) in [5.74, 6) is 0. The van der Waals surface area contributed by atoms with E-state index in [0.29, 0.717) is 0 Å². The summed E-state index contributed by atoms with van der Waals surface area (Å²) < 4.78 is 52.1. The van der Waals surface area contributed by atoms with Crippen LogP contribution in [0.1, 0.15) is 43.4 Å². The summed E-state index contributed by atoms with van der Waals surface area (Å²) in [6, 6.07) is 33.3. The van der Waals surface area contributed by atoms with Crippen LogP contribution in [-0.2, 0) is 12.0 Å². The van der Waals surface area contributed by atoms with Gasteiger partial charge in [-0.05, 0) is 61.2 Å². The van der Waals surface area contributed by atoms with Gasteiger partial charge in [0.1, 0.15) is 0 Å². The van der Waals surface area contributed by atoms with Crippen LogP contribution >= 0.6 is 0 Å². The number of para-hydroxylation sites is 1. The van der Waals surface area contributed by atoms with Gasteiger partial charge in [-0.3, -0.25) is 0 Å². The van der Waals surface area contributed by atoms with Crippen molar-refractivity contribution < 1.29 is 23.3 Å². The first-order valence-corrected chi connectivity index (χ1v) is 18.5. The van der Waals surface area contributed by atoms with E-state index in [4.69, 9.17) is 0 Å². The Kier molecular flexibility index (Phi) is 9.17.